The molecule has 2 rings (SSSR count). The lowest BCUT2D eigenvalue weighted by molar-refractivity contribution is 0.101. The van der Waals surface area contributed by atoms with Crippen LogP contribution in [0.25, 0.3) is 0 Å². The molecule has 1 aliphatic heterocycles. The molecule has 0 unspecified atom stereocenters. The average Bonchev–Trinajstić information content (AvgIpc) is 2.48. The van der Waals surface area contributed by atoms with Crippen molar-refractivity contribution in [2.75, 3.05) is 12.5 Å². The summed E-state index contributed by atoms with van der Waals surface area (Å²) in [5.41, 5.74) is 6.54. The fraction of sp³-hybridized carbons (Fsp3) is 0.222. The van der Waals surface area contributed by atoms with E-state index in [4.69, 9.17) is 15.2 Å². The second-order valence-corrected chi connectivity index (χ2v) is 2.85. The minimum Gasteiger partial charge on any atom is -0.454 e. The Morgan fingerprint density at radius 2 is 1.93 bits per heavy atom. The number of hydrogen-bond acceptors (Lipinski definition) is 4. The van der Waals surface area contributed by atoms with Gasteiger partial charge in [0.15, 0.2) is 17.3 Å². The quantitative estimate of drug-likeness (QED) is 0.571. The van der Waals surface area contributed by atoms with E-state index in [1.54, 1.807) is 12.1 Å². The summed E-state index contributed by atoms with van der Waals surface area (Å²) in [7, 11) is 0. The summed E-state index contributed by atoms with van der Waals surface area (Å²) in [6.07, 6.45) is 0. The van der Waals surface area contributed by atoms with Gasteiger partial charge in [0.1, 0.15) is 0 Å². The largest absolute Gasteiger partial charge is 0.454 e. The van der Waals surface area contributed by atoms with E-state index < -0.39 is 0 Å². The van der Waals surface area contributed by atoms with Crippen LogP contribution in [0.5, 0.6) is 11.5 Å². The van der Waals surface area contributed by atoms with E-state index >= 15 is 0 Å². The molecule has 1 aliphatic rings. The van der Waals surface area contributed by atoms with Gasteiger partial charge in [0, 0.05) is 17.3 Å². The van der Waals surface area contributed by atoms with E-state index in [1.165, 1.54) is 6.92 Å². The molecular formula is C9H10ClNO3. The molecular weight excluding hydrogens is 206 g/mol. The van der Waals surface area contributed by atoms with Gasteiger partial charge < -0.3 is 15.2 Å². The molecule has 76 valence electrons. The third-order valence-corrected chi connectivity index (χ3v) is 1.92. The lowest BCUT2D eigenvalue weighted by Gasteiger charge is -2.02. The van der Waals surface area contributed by atoms with E-state index in [1.807, 2.05) is 0 Å². The van der Waals surface area contributed by atoms with E-state index in [0.717, 1.165) is 0 Å². The number of ether oxygens (including phenoxy) is 2. The predicted octanol–water partition coefficient (Wildman–Crippen LogP) is 1.62. The Morgan fingerprint density at radius 3 is 2.50 bits per heavy atom. The van der Waals surface area contributed by atoms with Crippen LogP contribution in [-0.4, -0.2) is 12.6 Å². The highest BCUT2D eigenvalue weighted by Crippen LogP contribution is 2.35. The summed E-state index contributed by atoms with van der Waals surface area (Å²) in [5, 5.41) is 0. The fourth-order valence-corrected chi connectivity index (χ4v) is 1.26. The molecule has 0 amide bonds. The Labute approximate surface area is 87.4 Å². The Morgan fingerprint density at radius 1 is 1.36 bits per heavy atom. The summed E-state index contributed by atoms with van der Waals surface area (Å²) in [6.45, 7) is 1.66. The zero-order valence-corrected chi connectivity index (χ0v) is 8.39. The molecule has 0 atom stereocenters. The third-order valence-electron chi connectivity index (χ3n) is 1.92. The summed E-state index contributed by atoms with van der Waals surface area (Å²) in [6, 6.07) is 3.22. The molecule has 0 bridgehead atoms. The van der Waals surface area contributed by atoms with Gasteiger partial charge in [-0.25, -0.2) is 0 Å². The van der Waals surface area contributed by atoms with Gasteiger partial charge in [-0.15, -0.1) is 12.4 Å². The zero-order valence-electron chi connectivity index (χ0n) is 7.57. The van der Waals surface area contributed by atoms with Crippen LogP contribution in [0.3, 0.4) is 0 Å². The highest BCUT2D eigenvalue weighted by molar-refractivity contribution is 6.00. The lowest BCUT2D eigenvalue weighted by Crippen LogP contribution is -1.99. The van der Waals surface area contributed by atoms with Crippen LogP contribution < -0.4 is 15.2 Å². The van der Waals surface area contributed by atoms with Crippen molar-refractivity contribution in [1.29, 1.82) is 0 Å². The van der Waals surface area contributed by atoms with Crippen LogP contribution in [0, 0.1) is 0 Å². The molecule has 2 N–H and O–H groups in total. The van der Waals surface area contributed by atoms with Crippen molar-refractivity contribution in [3.8, 4) is 11.5 Å². The topological polar surface area (TPSA) is 61.6 Å². The van der Waals surface area contributed by atoms with Gasteiger partial charge in [-0.3, -0.25) is 4.79 Å². The molecule has 1 heterocycles. The van der Waals surface area contributed by atoms with Crippen LogP contribution >= 0.6 is 12.4 Å². The van der Waals surface area contributed by atoms with E-state index in [2.05, 4.69) is 0 Å². The maximum Gasteiger partial charge on any atom is 0.231 e. The molecule has 0 spiro atoms. The van der Waals surface area contributed by atoms with Crippen LogP contribution in [0.2, 0.25) is 0 Å². The van der Waals surface area contributed by atoms with Crippen molar-refractivity contribution in [3.05, 3.63) is 17.7 Å². The number of nitrogens with two attached hydrogens (primary N) is 1. The van der Waals surface area contributed by atoms with Crippen LogP contribution in [0.15, 0.2) is 12.1 Å². The Balaban J connectivity index is 0.000000980. The maximum absolute atomic E-state index is 11.1. The normalized spacial score (nSPS) is 12.1. The molecule has 0 aromatic heterocycles. The first kappa shape index (κ1) is 10.7. The van der Waals surface area contributed by atoms with Crippen molar-refractivity contribution in [3.63, 3.8) is 0 Å². The molecule has 0 radical (unpaired) electrons. The van der Waals surface area contributed by atoms with E-state index in [-0.39, 0.29) is 25.0 Å². The summed E-state index contributed by atoms with van der Waals surface area (Å²) >= 11 is 0. The Hall–Kier alpha value is -1.42. The minimum atomic E-state index is -0.0733. The average molecular weight is 216 g/mol. The molecule has 14 heavy (non-hydrogen) atoms. The zero-order chi connectivity index (χ0) is 9.42. The van der Waals surface area contributed by atoms with Crippen molar-refractivity contribution < 1.29 is 14.3 Å². The van der Waals surface area contributed by atoms with Gasteiger partial charge in [-0.2, -0.15) is 0 Å². The summed E-state index contributed by atoms with van der Waals surface area (Å²) < 4.78 is 10.2. The highest BCUT2D eigenvalue weighted by atomic mass is 35.5. The molecule has 1 aromatic carbocycles. The van der Waals surface area contributed by atoms with Crippen molar-refractivity contribution in [1.82, 2.24) is 0 Å². The second-order valence-electron chi connectivity index (χ2n) is 2.85. The van der Waals surface area contributed by atoms with Crippen LogP contribution in [-0.2, 0) is 0 Å². The number of anilines is 1. The number of Topliss-reactive ketones (excluding diaryl/α,β-unsaturated/α-hetero) is 1. The Kier molecular flexibility index (Phi) is 2.86. The monoisotopic (exact) mass is 215 g/mol. The van der Waals surface area contributed by atoms with Gasteiger partial charge in [0.2, 0.25) is 6.79 Å². The number of ketones is 1. The third kappa shape index (κ3) is 1.61. The SMILES string of the molecule is CC(=O)c1cc2c(cc1N)OCO2.Cl. The first-order valence-corrected chi connectivity index (χ1v) is 3.88. The van der Waals surface area contributed by atoms with Crippen LogP contribution in [0.1, 0.15) is 17.3 Å². The number of halogens is 1. The van der Waals surface area contributed by atoms with Crippen molar-refractivity contribution in [2.45, 2.75) is 6.92 Å². The first-order chi connectivity index (χ1) is 6.18. The number of rotatable bonds is 1. The maximum atomic E-state index is 11.1. The molecule has 0 saturated heterocycles. The van der Waals surface area contributed by atoms with Gasteiger partial charge in [0.05, 0.1) is 0 Å². The van der Waals surface area contributed by atoms with Gasteiger partial charge in [-0.1, -0.05) is 0 Å². The molecule has 0 fully saturated rings. The first-order valence-electron chi connectivity index (χ1n) is 3.88. The Bertz CT molecular complexity index is 379. The van der Waals surface area contributed by atoms with Gasteiger partial charge >= 0.3 is 0 Å². The number of fused-ring (bicyclic) bond motifs is 1. The number of nitrogen functional groups attached to an aromatic ring is 1. The summed E-state index contributed by atoms with van der Waals surface area (Å²) in [4.78, 5) is 11.1. The van der Waals surface area contributed by atoms with E-state index in [9.17, 15) is 4.79 Å². The van der Waals surface area contributed by atoms with Crippen molar-refractivity contribution >= 4 is 23.9 Å². The smallest absolute Gasteiger partial charge is 0.231 e. The lowest BCUT2D eigenvalue weighted by atomic mass is 10.1. The second kappa shape index (κ2) is 3.75. The van der Waals surface area contributed by atoms with E-state index in [0.29, 0.717) is 22.7 Å². The van der Waals surface area contributed by atoms with Crippen molar-refractivity contribution in [2.24, 2.45) is 0 Å². The number of carbonyl (C=O) groups is 1. The molecule has 0 aliphatic carbocycles. The fourth-order valence-electron chi connectivity index (χ4n) is 1.26. The summed E-state index contributed by atoms with van der Waals surface area (Å²) in [5.74, 6) is 1.11. The number of benzene rings is 1. The molecule has 4 nitrogen and oxygen atoms in total. The molecule has 5 heteroatoms. The molecule has 0 saturated carbocycles. The highest BCUT2D eigenvalue weighted by Gasteiger charge is 2.17. The number of carbonyl (C=O) groups excluding carboxylic acids is 1. The molecule has 1 aromatic rings. The van der Waals surface area contributed by atoms with Gasteiger partial charge in [-0.05, 0) is 13.0 Å². The predicted molar refractivity (Wildman–Crippen MR) is 54.2 cm³/mol. The minimum absolute atomic E-state index is 0. The number of hydrogen-bond donors (Lipinski definition) is 1. The van der Waals surface area contributed by atoms with Gasteiger partial charge in [0.25, 0.3) is 0 Å². The standard InChI is InChI=1S/C9H9NO3.ClH/c1-5(11)6-2-8-9(3-7(6)10)13-4-12-8;/h2-3H,4,10H2,1H3;1H. The van der Waals surface area contributed by atoms with Crippen LogP contribution in [0.4, 0.5) is 5.69 Å².